The molecule has 0 saturated carbocycles. The first-order chi connectivity index (χ1) is 15.1. The topological polar surface area (TPSA) is 108 Å². The molecule has 0 spiro atoms. The summed E-state index contributed by atoms with van der Waals surface area (Å²) in [6.45, 7) is 7.09. The van der Waals surface area contributed by atoms with Crippen LogP contribution in [0.25, 0.3) is 0 Å². The van der Waals surface area contributed by atoms with Crippen molar-refractivity contribution in [1.29, 1.82) is 0 Å². The van der Waals surface area contributed by atoms with Gasteiger partial charge in [0.25, 0.3) is 0 Å². The number of hydrogen-bond acceptors (Lipinski definition) is 5. The number of rotatable bonds is 8. The highest BCUT2D eigenvalue weighted by atomic mass is 16.6. The molecule has 0 fully saturated rings. The van der Waals surface area contributed by atoms with Crippen molar-refractivity contribution in [2.24, 2.45) is 0 Å². The van der Waals surface area contributed by atoms with E-state index in [2.05, 4.69) is 10.6 Å². The summed E-state index contributed by atoms with van der Waals surface area (Å²) in [7, 11) is 0. The van der Waals surface area contributed by atoms with Crippen LogP contribution in [-0.2, 0) is 20.9 Å². The van der Waals surface area contributed by atoms with Crippen molar-refractivity contribution in [1.82, 2.24) is 15.5 Å². The summed E-state index contributed by atoms with van der Waals surface area (Å²) in [5.74, 6) is -0.868. The molecular formula is C24H31N3O5. The molecule has 0 bridgehead atoms. The van der Waals surface area contributed by atoms with Gasteiger partial charge in [-0.2, -0.15) is 0 Å². The number of phenols is 1. The summed E-state index contributed by atoms with van der Waals surface area (Å²) in [5.41, 5.74) is 0.679. The van der Waals surface area contributed by atoms with Crippen molar-refractivity contribution in [2.75, 3.05) is 13.1 Å². The van der Waals surface area contributed by atoms with E-state index in [4.69, 9.17) is 4.74 Å². The maximum Gasteiger partial charge on any atom is 0.408 e. The molecule has 172 valence electrons. The molecule has 8 nitrogen and oxygen atoms in total. The molecule has 0 aromatic heterocycles. The lowest BCUT2D eigenvalue weighted by Gasteiger charge is -2.30. The van der Waals surface area contributed by atoms with E-state index in [1.807, 2.05) is 30.3 Å². The number of carbonyl (C=O) groups excluding carboxylic acids is 3. The molecule has 1 atom stereocenters. The highest BCUT2D eigenvalue weighted by Gasteiger charge is 2.31. The van der Waals surface area contributed by atoms with Crippen molar-refractivity contribution >= 4 is 17.9 Å². The van der Waals surface area contributed by atoms with Gasteiger partial charge in [0.05, 0.1) is 0 Å². The average molecular weight is 442 g/mol. The highest BCUT2D eigenvalue weighted by molar-refractivity contribution is 5.90. The Hall–Kier alpha value is -3.55. The van der Waals surface area contributed by atoms with Gasteiger partial charge < -0.3 is 25.4 Å². The van der Waals surface area contributed by atoms with Crippen LogP contribution in [-0.4, -0.2) is 46.6 Å². The average Bonchev–Trinajstić information content (AvgIpc) is 2.73. The third kappa shape index (κ3) is 7.61. The monoisotopic (exact) mass is 441 g/mol. The molecule has 0 aliphatic heterocycles. The Morgan fingerprint density at radius 2 is 1.72 bits per heavy atom. The number of nitrogens with zero attached hydrogens (tertiary/aromatic N) is 1. The first-order valence-corrected chi connectivity index (χ1v) is 10.5. The first-order valence-electron chi connectivity index (χ1n) is 10.5. The number of carbonyl (C=O) groups is 3. The van der Waals surface area contributed by atoms with Crippen molar-refractivity contribution in [2.45, 2.75) is 45.9 Å². The molecule has 1 unspecified atom stereocenters. The van der Waals surface area contributed by atoms with Crippen molar-refractivity contribution in [3.63, 3.8) is 0 Å². The van der Waals surface area contributed by atoms with Gasteiger partial charge in [-0.1, -0.05) is 42.5 Å². The largest absolute Gasteiger partial charge is 0.508 e. The summed E-state index contributed by atoms with van der Waals surface area (Å²) < 4.78 is 5.16. The number of aromatic hydroxyl groups is 1. The van der Waals surface area contributed by atoms with Crippen molar-refractivity contribution < 1.29 is 24.2 Å². The number of phenolic OH excluding ortho intramolecular Hbond substituents is 1. The van der Waals surface area contributed by atoms with Crippen LogP contribution in [0.2, 0.25) is 0 Å². The van der Waals surface area contributed by atoms with E-state index in [0.717, 1.165) is 5.56 Å². The van der Waals surface area contributed by atoms with Gasteiger partial charge in [0.1, 0.15) is 23.9 Å². The van der Waals surface area contributed by atoms with Crippen LogP contribution < -0.4 is 10.6 Å². The Balaban J connectivity index is 2.19. The molecule has 3 N–H and O–H groups in total. The normalized spacial score (nSPS) is 11.9. The Bertz CT molecular complexity index is 925. The van der Waals surface area contributed by atoms with E-state index < -0.39 is 29.6 Å². The Morgan fingerprint density at radius 3 is 2.31 bits per heavy atom. The molecule has 0 saturated heterocycles. The second-order valence-electron chi connectivity index (χ2n) is 8.24. The fourth-order valence-electron chi connectivity index (χ4n) is 3.12. The quantitative estimate of drug-likeness (QED) is 0.583. The second kappa shape index (κ2) is 11.2. The maximum absolute atomic E-state index is 13.2. The fraction of sp³-hybridized carbons (Fsp3) is 0.375. The molecule has 8 heteroatoms. The maximum atomic E-state index is 13.2. The van der Waals surface area contributed by atoms with Crippen LogP contribution in [0, 0.1) is 0 Å². The zero-order chi connectivity index (χ0) is 23.7. The van der Waals surface area contributed by atoms with Gasteiger partial charge in [0, 0.05) is 13.1 Å². The molecule has 0 radical (unpaired) electrons. The minimum atomic E-state index is -0.983. The molecule has 0 aliphatic carbocycles. The van der Waals surface area contributed by atoms with E-state index in [1.165, 1.54) is 17.0 Å². The summed E-state index contributed by atoms with van der Waals surface area (Å²) in [5, 5.41) is 15.2. The smallest absolute Gasteiger partial charge is 0.408 e. The molecule has 3 amide bonds. The summed E-state index contributed by atoms with van der Waals surface area (Å²) in [6, 6.07) is 14.6. The van der Waals surface area contributed by atoms with Crippen LogP contribution in [0.1, 0.15) is 44.9 Å². The van der Waals surface area contributed by atoms with Crippen molar-refractivity contribution in [3.05, 3.63) is 65.7 Å². The minimum Gasteiger partial charge on any atom is -0.508 e. The zero-order valence-corrected chi connectivity index (χ0v) is 18.9. The molecule has 2 aromatic rings. The molecular weight excluding hydrogens is 410 g/mol. The number of amides is 3. The van der Waals surface area contributed by atoms with Gasteiger partial charge in [0.15, 0.2) is 0 Å². The van der Waals surface area contributed by atoms with E-state index >= 15 is 0 Å². The summed E-state index contributed by atoms with van der Waals surface area (Å²) in [6.07, 6.45) is -0.718. The molecule has 0 heterocycles. The lowest BCUT2D eigenvalue weighted by atomic mass is 10.0. The fourth-order valence-corrected chi connectivity index (χ4v) is 3.12. The van der Waals surface area contributed by atoms with E-state index in [-0.39, 0.29) is 25.4 Å². The predicted octanol–water partition coefficient (Wildman–Crippen LogP) is 3.12. The third-order valence-electron chi connectivity index (χ3n) is 4.50. The number of benzene rings is 2. The number of hydrogen-bond donors (Lipinski definition) is 3. The zero-order valence-electron chi connectivity index (χ0n) is 18.9. The lowest BCUT2D eigenvalue weighted by molar-refractivity contribution is -0.140. The minimum absolute atomic E-state index is 0.0151. The summed E-state index contributed by atoms with van der Waals surface area (Å²) >= 11 is 0. The molecule has 2 aromatic carbocycles. The van der Waals surface area contributed by atoms with E-state index in [0.29, 0.717) is 5.56 Å². The highest BCUT2D eigenvalue weighted by Crippen LogP contribution is 2.24. The number of alkyl carbamates (subject to hydrolysis) is 1. The third-order valence-corrected chi connectivity index (χ3v) is 4.50. The summed E-state index contributed by atoms with van der Waals surface area (Å²) in [4.78, 5) is 39.4. The first kappa shape index (κ1) is 24.7. The van der Waals surface area contributed by atoms with Crippen LogP contribution >= 0.6 is 0 Å². The Kier molecular flexibility index (Phi) is 8.63. The van der Waals surface area contributed by atoms with Gasteiger partial charge in [0.2, 0.25) is 11.8 Å². The second-order valence-corrected chi connectivity index (χ2v) is 8.24. The van der Waals surface area contributed by atoms with Gasteiger partial charge in [-0.15, -0.1) is 0 Å². The van der Waals surface area contributed by atoms with Crippen molar-refractivity contribution in [3.8, 4) is 5.75 Å². The van der Waals surface area contributed by atoms with Gasteiger partial charge in [-0.05, 0) is 51.0 Å². The van der Waals surface area contributed by atoms with E-state index in [1.54, 1.807) is 39.8 Å². The van der Waals surface area contributed by atoms with Gasteiger partial charge >= 0.3 is 6.09 Å². The molecule has 2 rings (SSSR count). The van der Waals surface area contributed by atoms with Crippen LogP contribution in [0.5, 0.6) is 5.75 Å². The van der Waals surface area contributed by atoms with Gasteiger partial charge in [-0.25, -0.2) is 4.79 Å². The predicted molar refractivity (Wildman–Crippen MR) is 121 cm³/mol. The Labute approximate surface area is 188 Å². The molecule has 0 aliphatic rings. The number of ether oxygens (including phenoxy) is 1. The number of likely N-dealkylation sites (N-methyl/N-ethyl adjacent to an activating group) is 1. The van der Waals surface area contributed by atoms with Crippen LogP contribution in [0.4, 0.5) is 4.79 Å². The van der Waals surface area contributed by atoms with Crippen LogP contribution in [0.3, 0.4) is 0 Å². The Morgan fingerprint density at radius 1 is 1.03 bits per heavy atom. The SMILES string of the molecule is CCN(C(=O)CNC(=O)OC(C)(C)C)C(C(=O)NCc1ccccc1)c1cccc(O)c1. The standard InChI is InChI=1S/C24H31N3O5/c1-5-27(20(29)16-26-23(31)32-24(2,3)4)21(18-12-9-13-19(28)14-18)22(30)25-15-17-10-7-6-8-11-17/h6-14,21,28H,5,15-16H2,1-4H3,(H,25,30)(H,26,31). The number of nitrogens with one attached hydrogen (secondary N) is 2. The van der Waals surface area contributed by atoms with Gasteiger partial charge in [-0.3, -0.25) is 9.59 Å². The lowest BCUT2D eigenvalue weighted by Crippen LogP contribution is -2.47. The van der Waals surface area contributed by atoms with E-state index in [9.17, 15) is 19.5 Å². The van der Waals surface area contributed by atoms with Crippen LogP contribution in [0.15, 0.2) is 54.6 Å². The molecule has 32 heavy (non-hydrogen) atoms.